The second kappa shape index (κ2) is 7.54. The Labute approximate surface area is 135 Å². The number of nitrogens with one attached hydrogen (secondary N) is 1. The Morgan fingerprint density at radius 3 is 2.52 bits per heavy atom. The van der Waals surface area contributed by atoms with Gasteiger partial charge in [0.2, 0.25) is 10.0 Å². The fourth-order valence-electron chi connectivity index (χ4n) is 2.24. The summed E-state index contributed by atoms with van der Waals surface area (Å²) in [5.74, 6) is -1.04. The zero-order valence-corrected chi connectivity index (χ0v) is 13.4. The average molecular weight is 336 g/mol. The Kier molecular flexibility index (Phi) is 5.70. The summed E-state index contributed by atoms with van der Waals surface area (Å²) in [5, 5.41) is 10.5. The molecule has 23 heavy (non-hydrogen) atoms. The van der Waals surface area contributed by atoms with E-state index >= 15 is 0 Å². The lowest BCUT2D eigenvalue weighted by Crippen LogP contribution is -2.30. The molecule has 124 valence electrons. The van der Waals surface area contributed by atoms with Gasteiger partial charge in [-0.25, -0.2) is 13.1 Å². The molecule has 0 spiro atoms. The molecular weight excluding hydrogens is 316 g/mol. The van der Waals surface area contributed by atoms with Gasteiger partial charge in [-0.15, -0.1) is 0 Å². The monoisotopic (exact) mass is 336 g/mol. The second-order valence-electron chi connectivity index (χ2n) is 5.35. The van der Waals surface area contributed by atoms with Gasteiger partial charge in [0, 0.05) is 6.54 Å². The van der Waals surface area contributed by atoms with E-state index in [4.69, 9.17) is 10.8 Å². The van der Waals surface area contributed by atoms with Crippen LogP contribution < -0.4 is 10.5 Å². The number of benzene rings is 2. The highest BCUT2D eigenvalue weighted by molar-refractivity contribution is 7.89. The molecule has 6 nitrogen and oxygen atoms in total. The number of hydrogen-bond donors (Lipinski definition) is 3. The Bertz CT molecular complexity index is 790. The van der Waals surface area contributed by atoms with E-state index in [-0.39, 0.29) is 11.4 Å². The van der Waals surface area contributed by atoms with Crippen LogP contribution in [0.2, 0.25) is 0 Å². The Morgan fingerprint density at radius 2 is 1.83 bits per heavy atom. The average Bonchev–Trinajstić information content (AvgIpc) is 2.53. The summed E-state index contributed by atoms with van der Waals surface area (Å²) in [6.45, 7) is 0.251. The fourth-order valence-corrected chi connectivity index (χ4v) is 3.35. The standard InChI is InChI=1S/C16H20N2O4S/c17-15(16(19)20)7-3-4-10-18-23(21,22)14-9-8-12-5-1-2-6-13(12)11-14/h1-2,5-6,8-9,11,15,18H,3-4,7,10,17H2,(H,19,20)/t15-/m0/s1. The summed E-state index contributed by atoms with van der Waals surface area (Å²) >= 11 is 0. The van der Waals surface area contributed by atoms with Crippen molar-refractivity contribution in [1.29, 1.82) is 0 Å². The van der Waals surface area contributed by atoms with Gasteiger partial charge >= 0.3 is 5.97 Å². The van der Waals surface area contributed by atoms with Crippen LogP contribution >= 0.6 is 0 Å². The molecule has 0 unspecified atom stereocenters. The van der Waals surface area contributed by atoms with E-state index in [0.29, 0.717) is 19.3 Å². The van der Waals surface area contributed by atoms with E-state index in [9.17, 15) is 13.2 Å². The first-order valence-corrected chi connectivity index (χ1v) is 8.85. The zero-order valence-electron chi connectivity index (χ0n) is 12.6. The maximum absolute atomic E-state index is 12.3. The summed E-state index contributed by atoms with van der Waals surface area (Å²) in [4.78, 5) is 10.8. The highest BCUT2D eigenvalue weighted by Crippen LogP contribution is 2.18. The van der Waals surface area contributed by atoms with Crippen LogP contribution in [0.15, 0.2) is 47.4 Å². The maximum atomic E-state index is 12.3. The van der Waals surface area contributed by atoms with Gasteiger partial charge in [-0.2, -0.15) is 0 Å². The topological polar surface area (TPSA) is 109 Å². The maximum Gasteiger partial charge on any atom is 0.320 e. The van der Waals surface area contributed by atoms with Crippen LogP contribution in [0.3, 0.4) is 0 Å². The summed E-state index contributed by atoms with van der Waals surface area (Å²) in [6.07, 6.45) is 1.41. The highest BCUT2D eigenvalue weighted by atomic mass is 32.2. The number of hydrogen-bond acceptors (Lipinski definition) is 4. The number of carboxylic acid groups (broad SMARTS) is 1. The Balaban J connectivity index is 1.91. The van der Waals surface area contributed by atoms with Crippen LogP contribution in [0.5, 0.6) is 0 Å². The molecule has 4 N–H and O–H groups in total. The molecule has 0 aliphatic carbocycles. The predicted molar refractivity (Wildman–Crippen MR) is 88.6 cm³/mol. The summed E-state index contributed by atoms with van der Waals surface area (Å²) in [7, 11) is -3.57. The summed E-state index contributed by atoms with van der Waals surface area (Å²) in [6, 6.07) is 11.6. The summed E-state index contributed by atoms with van der Waals surface area (Å²) < 4.78 is 27.0. The number of unbranched alkanes of at least 4 members (excludes halogenated alkanes) is 1. The molecule has 2 rings (SSSR count). The molecule has 2 aromatic rings. The Morgan fingerprint density at radius 1 is 1.13 bits per heavy atom. The molecule has 1 atom stereocenters. The number of carboxylic acids is 1. The lowest BCUT2D eigenvalue weighted by atomic mass is 10.1. The molecule has 0 heterocycles. The van der Waals surface area contributed by atoms with Crippen LogP contribution in [0.4, 0.5) is 0 Å². The first-order chi connectivity index (χ1) is 10.9. The van der Waals surface area contributed by atoms with Gasteiger partial charge in [0.15, 0.2) is 0 Å². The van der Waals surface area contributed by atoms with Crippen LogP contribution in [-0.2, 0) is 14.8 Å². The van der Waals surface area contributed by atoms with Crippen LogP contribution in [-0.4, -0.2) is 32.1 Å². The van der Waals surface area contributed by atoms with Crippen LogP contribution in [0.1, 0.15) is 19.3 Å². The van der Waals surface area contributed by atoms with Gasteiger partial charge in [-0.3, -0.25) is 4.79 Å². The van der Waals surface area contributed by atoms with Crippen molar-refractivity contribution in [2.45, 2.75) is 30.2 Å². The minimum atomic E-state index is -3.57. The first kappa shape index (κ1) is 17.4. The SMILES string of the molecule is N[C@@H](CCCCNS(=O)(=O)c1ccc2ccccc2c1)C(=O)O. The number of aliphatic carboxylic acids is 1. The molecular formula is C16H20N2O4S. The Hall–Kier alpha value is -1.96. The third-order valence-corrected chi connectivity index (χ3v) is 5.04. The molecule has 0 amide bonds. The third-order valence-electron chi connectivity index (χ3n) is 3.58. The van der Waals surface area contributed by atoms with E-state index < -0.39 is 22.0 Å². The van der Waals surface area contributed by atoms with Crippen molar-refractivity contribution in [2.75, 3.05) is 6.54 Å². The van der Waals surface area contributed by atoms with E-state index in [1.54, 1.807) is 18.2 Å². The minimum absolute atomic E-state index is 0.221. The number of fused-ring (bicyclic) bond motifs is 1. The van der Waals surface area contributed by atoms with E-state index in [2.05, 4.69) is 4.72 Å². The lowest BCUT2D eigenvalue weighted by Gasteiger charge is -2.09. The van der Waals surface area contributed by atoms with Crippen molar-refractivity contribution < 1.29 is 18.3 Å². The third kappa shape index (κ3) is 4.75. The molecule has 7 heteroatoms. The quantitative estimate of drug-likeness (QED) is 0.636. The van der Waals surface area contributed by atoms with E-state index in [0.717, 1.165) is 10.8 Å². The molecule has 0 bridgehead atoms. The largest absolute Gasteiger partial charge is 0.480 e. The fraction of sp³-hybridized carbons (Fsp3) is 0.312. The molecule has 2 aromatic carbocycles. The molecule has 0 fully saturated rings. The number of carbonyl (C=O) groups is 1. The number of sulfonamides is 1. The molecule has 0 saturated carbocycles. The van der Waals surface area contributed by atoms with Gasteiger partial charge in [-0.05, 0) is 35.7 Å². The predicted octanol–water partition coefficient (Wildman–Crippen LogP) is 1.70. The smallest absolute Gasteiger partial charge is 0.320 e. The zero-order chi connectivity index (χ0) is 16.9. The molecule has 0 aromatic heterocycles. The van der Waals surface area contributed by atoms with Crippen molar-refractivity contribution in [3.05, 3.63) is 42.5 Å². The second-order valence-corrected chi connectivity index (χ2v) is 7.11. The molecule has 0 aliphatic heterocycles. The van der Waals surface area contributed by atoms with E-state index in [1.165, 1.54) is 0 Å². The van der Waals surface area contributed by atoms with Crippen LogP contribution in [0, 0.1) is 0 Å². The molecule has 0 saturated heterocycles. The van der Waals surface area contributed by atoms with Gasteiger partial charge in [0.1, 0.15) is 6.04 Å². The van der Waals surface area contributed by atoms with E-state index in [1.807, 2.05) is 24.3 Å². The van der Waals surface area contributed by atoms with Crippen LogP contribution in [0.25, 0.3) is 10.8 Å². The van der Waals surface area contributed by atoms with Gasteiger partial charge in [0.05, 0.1) is 4.90 Å². The van der Waals surface area contributed by atoms with Gasteiger partial charge in [0.25, 0.3) is 0 Å². The molecule has 0 aliphatic rings. The van der Waals surface area contributed by atoms with Crippen molar-refractivity contribution in [1.82, 2.24) is 4.72 Å². The van der Waals surface area contributed by atoms with Crippen molar-refractivity contribution in [3.8, 4) is 0 Å². The first-order valence-electron chi connectivity index (χ1n) is 7.37. The number of nitrogens with two attached hydrogens (primary N) is 1. The van der Waals surface area contributed by atoms with Gasteiger partial charge in [-0.1, -0.05) is 36.8 Å². The van der Waals surface area contributed by atoms with Crippen molar-refractivity contribution >= 4 is 26.8 Å². The van der Waals surface area contributed by atoms with Crippen molar-refractivity contribution in [2.24, 2.45) is 5.73 Å². The molecule has 0 radical (unpaired) electrons. The number of rotatable bonds is 8. The highest BCUT2D eigenvalue weighted by Gasteiger charge is 2.14. The van der Waals surface area contributed by atoms with Crippen molar-refractivity contribution in [3.63, 3.8) is 0 Å². The summed E-state index contributed by atoms with van der Waals surface area (Å²) in [5.41, 5.74) is 5.39. The lowest BCUT2D eigenvalue weighted by molar-refractivity contribution is -0.138. The normalized spacial score (nSPS) is 13.1. The van der Waals surface area contributed by atoms with Gasteiger partial charge < -0.3 is 10.8 Å². The minimum Gasteiger partial charge on any atom is -0.480 e.